The van der Waals surface area contributed by atoms with E-state index >= 15 is 0 Å². The molecule has 1 atom stereocenters. The van der Waals surface area contributed by atoms with Crippen molar-refractivity contribution < 1.29 is 27.1 Å². The highest BCUT2D eigenvalue weighted by Gasteiger charge is 2.34. The van der Waals surface area contributed by atoms with Gasteiger partial charge in [-0.1, -0.05) is 0 Å². The van der Waals surface area contributed by atoms with Gasteiger partial charge < -0.3 is 20.8 Å². The fourth-order valence-electron chi connectivity index (χ4n) is 2.05. The molecule has 1 aromatic heterocycles. The number of benzene rings is 1. The van der Waals surface area contributed by atoms with Crippen LogP contribution in [0, 0.1) is 5.82 Å². The molecule has 0 saturated carbocycles. The van der Waals surface area contributed by atoms with Gasteiger partial charge in [-0.25, -0.2) is 9.18 Å². The lowest BCUT2D eigenvalue weighted by Crippen LogP contribution is -2.40. The predicted molar refractivity (Wildman–Crippen MR) is 85.9 cm³/mol. The van der Waals surface area contributed by atoms with Crippen LogP contribution in [0.25, 0.3) is 0 Å². The molecular formula is C15H14F4N4O4. The Labute approximate surface area is 148 Å². The van der Waals surface area contributed by atoms with Crippen molar-refractivity contribution in [1.82, 2.24) is 15.3 Å². The molecule has 1 unspecified atom stereocenters. The first-order valence-electron chi connectivity index (χ1n) is 7.41. The zero-order chi connectivity index (χ0) is 20.4. The summed E-state index contributed by atoms with van der Waals surface area (Å²) in [6.45, 7) is 1.18. The number of rotatable bonds is 5. The monoisotopic (exact) mass is 390 g/mol. The van der Waals surface area contributed by atoms with Crippen LogP contribution >= 0.6 is 0 Å². The molecule has 0 radical (unpaired) electrons. The Morgan fingerprint density at radius 3 is 2.59 bits per heavy atom. The first-order valence-corrected chi connectivity index (χ1v) is 7.41. The molecule has 27 heavy (non-hydrogen) atoms. The summed E-state index contributed by atoms with van der Waals surface area (Å²) in [4.78, 5) is 38.5. The number of carbonyl (C=O) groups is 1. The highest BCUT2D eigenvalue weighted by molar-refractivity contribution is 5.96. The molecule has 0 bridgehead atoms. The standard InChI is InChI=1S/C15H14F4N4O4/c1-6(21-13(25)11-10(20)12(24)23-14(26)22-11)5-27-7-2-3-9(16)8(4-7)15(17,18)19/h2-4,6H,5,20H2,1H3,(H,21,25)(H2,22,23,24,26). The molecular weight excluding hydrogens is 376 g/mol. The largest absolute Gasteiger partial charge is 0.491 e. The number of hydrogen-bond acceptors (Lipinski definition) is 5. The average Bonchev–Trinajstić information content (AvgIpc) is 2.56. The number of amides is 1. The van der Waals surface area contributed by atoms with E-state index in [2.05, 4.69) is 10.3 Å². The molecule has 1 heterocycles. The highest BCUT2D eigenvalue weighted by Crippen LogP contribution is 2.33. The van der Waals surface area contributed by atoms with Gasteiger partial charge in [-0.15, -0.1) is 0 Å². The Kier molecular flexibility index (Phi) is 5.57. The summed E-state index contributed by atoms with van der Waals surface area (Å²) >= 11 is 0. The van der Waals surface area contributed by atoms with E-state index in [1.165, 1.54) is 6.92 Å². The third-order valence-electron chi connectivity index (χ3n) is 3.33. The molecule has 0 spiro atoms. The van der Waals surface area contributed by atoms with Crippen molar-refractivity contribution in [2.24, 2.45) is 0 Å². The van der Waals surface area contributed by atoms with E-state index in [4.69, 9.17) is 10.5 Å². The van der Waals surface area contributed by atoms with Crippen molar-refractivity contribution in [3.63, 3.8) is 0 Å². The number of halogens is 4. The summed E-state index contributed by atoms with van der Waals surface area (Å²) < 4.78 is 56.4. The van der Waals surface area contributed by atoms with Gasteiger partial charge in [-0.3, -0.25) is 14.6 Å². The Bertz CT molecular complexity index is 968. The van der Waals surface area contributed by atoms with Crippen molar-refractivity contribution in [2.45, 2.75) is 19.1 Å². The summed E-state index contributed by atoms with van der Waals surface area (Å²) in [6, 6.07) is 1.36. The van der Waals surface area contributed by atoms with Crippen LogP contribution < -0.4 is 27.0 Å². The zero-order valence-electron chi connectivity index (χ0n) is 13.7. The molecule has 1 amide bonds. The molecule has 0 aliphatic carbocycles. The van der Waals surface area contributed by atoms with E-state index in [1.54, 1.807) is 0 Å². The lowest BCUT2D eigenvalue weighted by Gasteiger charge is -2.16. The van der Waals surface area contributed by atoms with Gasteiger partial charge in [0.1, 0.15) is 29.6 Å². The fraction of sp³-hybridized carbons (Fsp3) is 0.267. The van der Waals surface area contributed by atoms with E-state index in [-0.39, 0.29) is 12.4 Å². The maximum Gasteiger partial charge on any atom is 0.419 e. The second-order valence-electron chi connectivity index (χ2n) is 5.52. The van der Waals surface area contributed by atoms with Crippen LogP contribution in [0.5, 0.6) is 5.75 Å². The third kappa shape index (κ3) is 4.86. The Morgan fingerprint density at radius 2 is 1.96 bits per heavy atom. The number of ether oxygens (including phenoxy) is 1. The van der Waals surface area contributed by atoms with Gasteiger partial charge >= 0.3 is 11.9 Å². The fourth-order valence-corrected chi connectivity index (χ4v) is 2.05. The van der Waals surface area contributed by atoms with Crippen LogP contribution in [-0.4, -0.2) is 28.5 Å². The maximum absolute atomic E-state index is 13.2. The van der Waals surface area contributed by atoms with E-state index in [0.717, 1.165) is 6.07 Å². The molecule has 1 aromatic carbocycles. The van der Waals surface area contributed by atoms with Crippen molar-refractivity contribution in [2.75, 3.05) is 12.3 Å². The topological polar surface area (TPSA) is 130 Å². The number of anilines is 1. The van der Waals surface area contributed by atoms with Crippen LogP contribution in [-0.2, 0) is 6.18 Å². The number of nitrogens with two attached hydrogens (primary N) is 1. The van der Waals surface area contributed by atoms with Crippen molar-refractivity contribution in [3.05, 3.63) is 56.1 Å². The molecule has 0 saturated heterocycles. The summed E-state index contributed by atoms with van der Waals surface area (Å²) in [5, 5.41) is 2.35. The number of alkyl halides is 3. The van der Waals surface area contributed by atoms with Gasteiger partial charge in [0.2, 0.25) is 0 Å². The van der Waals surface area contributed by atoms with Gasteiger partial charge in [-0.2, -0.15) is 13.2 Å². The van der Waals surface area contributed by atoms with Gasteiger partial charge in [0.25, 0.3) is 11.5 Å². The lowest BCUT2D eigenvalue weighted by molar-refractivity contribution is -0.140. The molecule has 0 fully saturated rings. The van der Waals surface area contributed by atoms with Crippen molar-refractivity contribution >= 4 is 11.6 Å². The number of nitrogens with one attached hydrogen (secondary N) is 3. The van der Waals surface area contributed by atoms with Gasteiger partial charge in [0.15, 0.2) is 0 Å². The van der Waals surface area contributed by atoms with Gasteiger partial charge in [0, 0.05) is 0 Å². The minimum atomic E-state index is -4.88. The normalized spacial score (nSPS) is 12.5. The van der Waals surface area contributed by atoms with Crippen LogP contribution in [0.4, 0.5) is 23.2 Å². The van der Waals surface area contributed by atoms with Gasteiger partial charge in [0.05, 0.1) is 11.6 Å². The molecule has 12 heteroatoms. The SMILES string of the molecule is CC(COc1ccc(F)c(C(F)(F)F)c1)NC(=O)c1[nH]c(=O)[nH]c(=O)c1N. The zero-order valence-corrected chi connectivity index (χ0v) is 13.7. The minimum Gasteiger partial charge on any atom is -0.491 e. The molecule has 5 N–H and O–H groups in total. The molecule has 0 aliphatic heterocycles. The van der Waals surface area contributed by atoms with Crippen LogP contribution in [0.2, 0.25) is 0 Å². The van der Waals surface area contributed by atoms with Crippen LogP contribution in [0.15, 0.2) is 27.8 Å². The van der Waals surface area contributed by atoms with Crippen LogP contribution in [0.1, 0.15) is 23.0 Å². The Morgan fingerprint density at radius 1 is 1.30 bits per heavy atom. The molecule has 2 aromatic rings. The predicted octanol–water partition coefficient (Wildman–Crippen LogP) is 1.00. The number of aromatic amines is 2. The van der Waals surface area contributed by atoms with E-state index in [0.29, 0.717) is 12.1 Å². The summed E-state index contributed by atoms with van der Waals surface area (Å²) in [5.74, 6) is -2.58. The number of H-pyrrole nitrogens is 2. The summed E-state index contributed by atoms with van der Waals surface area (Å²) in [5.41, 5.74) is 1.09. The van der Waals surface area contributed by atoms with E-state index in [1.807, 2.05) is 4.98 Å². The third-order valence-corrected chi connectivity index (χ3v) is 3.33. The number of nitrogen functional groups attached to an aromatic ring is 1. The lowest BCUT2D eigenvalue weighted by atomic mass is 10.2. The number of hydrogen-bond donors (Lipinski definition) is 4. The molecule has 2 rings (SSSR count). The quantitative estimate of drug-likeness (QED) is 0.566. The summed E-state index contributed by atoms with van der Waals surface area (Å²) in [7, 11) is 0. The second-order valence-corrected chi connectivity index (χ2v) is 5.52. The molecule has 0 aliphatic rings. The Hall–Kier alpha value is -3.31. The average molecular weight is 390 g/mol. The van der Waals surface area contributed by atoms with Crippen LogP contribution in [0.3, 0.4) is 0 Å². The molecule has 8 nitrogen and oxygen atoms in total. The highest BCUT2D eigenvalue weighted by atomic mass is 19.4. The Balaban J connectivity index is 2.05. The second kappa shape index (κ2) is 7.51. The summed E-state index contributed by atoms with van der Waals surface area (Å²) in [6.07, 6.45) is -4.88. The van der Waals surface area contributed by atoms with E-state index in [9.17, 15) is 31.9 Å². The van der Waals surface area contributed by atoms with E-state index < -0.39 is 52.1 Å². The minimum absolute atomic E-state index is 0.256. The number of aromatic nitrogens is 2. The first kappa shape index (κ1) is 20.0. The number of carbonyl (C=O) groups excluding carboxylic acids is 1. The maximum atomic E-state index is 13.2. The smallest absolute Gasteiger partial charge is 0.419 e. The van der Waals surface area contributed by atoms with Crippen molar-refractivity contribution in [1.29, 1.82) is 0 Å². The molecule has 146 valence electrons. The van der Waals surface area contributed by atoms with Crippen molar-refractivity contribution in [3.8, 4) is 5.75 Å². The first-order chi connectivity index (χ1) is 12.5. The van der Waals surface area contributed by atoms with Gasteiger partial charge in [-0.05, 0) is 25.1 Å².